The van der Waals surface area contributed by atoms with E-state index < -0.39 is 5.60 Å². The summed E-state index contributed by atoms with van der Waals surface area (Å²) in [6.45, 7) is 5.94. The van der Waals surface area contributed by atoms with Crippen LogP contribution in [0.1, 0.15) is 33.6 Å². The van der Waals surface area contributed by atoms with E-state index in [0.29, 0.717) is 6.42 Å². The molecule has 1 aliphatic carbocycles. The summed E-state index contributed by atoms with van der Waals surface area (Å²) in [5.74, 6) is -1.25. The normalized spacial score (nSPS) is 40.4. The van der Waals surface area contributed by atoms with Crippen molar-refractivity contribution in [1.29, 1.82) is 0 Å². The van der Waals surface area contributed by atoms with Gasteiger partial charge in [-0.3, -0.25) is 9.59 Å². The van der Waals surface area contributed by atoms with Crippen molar-refractivity contribution >= 4 is 11.9 Å². The summed E-state index contributed by atoms with van der Waals surface area (Å²) < 4.78 is 10.2. The number of carbonyl (C=O) groups excluding carboxylic acids is 2. The lowest BCUT2D eigenvalue weighted by molar-refractivity contribution is -0.218. The van der Waals surface area contributed by atoms with Crippen molar-refractivity contribution in [2.45, 2.75) is 39.2 Å². The molecule has 3 aliphatic rings. The highest BCUT2D eigenvalue weighted by Crippen LogP contribution is 2.54. The Kier molecular flexibility index (Phi) is 2.30. The number of rotatable bonds is 1. The number of hydrogen-bond donors (Lipinski definition) is 0. The molecule has 90 valence electrons. The fourth-order valence-electron chi connectivity index (χ4n) is 3.51. The van der Waals surface area contributed by atoms with Gasteiger partial charge in [-0.15, -0.1) is 0 Å². The number of hydrogen-bond acceptors (Lipinski definition) is 4. The Bertz CT molecular complexity index is 344. The number of esters is 2. The van der Waals surface area contributed by atoms with Crippen molar-refractivity contribution in [1.82, 2.24) is 0 Å². The van der Waals surface area contributed by atoms with Gasteiger partial charge in [-0.25, -0.2) is 0 Å². The summed E-state index contributed by atoms with van der Waals surface area (Å²) in [5, 5.41) is 0. The highest BCUT2D eigenvalue weighted by atomic mass is 16.6. The molecule has 0 unspecified atom stereocenters. The van der Waals surface area contributed by atoms with E-state index in [1.807, 2.05) is 20.8 Å². The highest BCUT2D eigenvalue weighted by molar-refractivity contribution is 5.85. The standard InChI is InChI=1S/C12H18O4/c1-11(2)6-12(3)5-7(9(13)15-4)8(11)10(14)16-12/h7-8H,5-6H2,1-4H3/t7-,8+,12+/m0/s1. The summed E-state index contributed by atoms with van der Waals surface area (Å²) in [6, 6.07) is 0. The second kappa shape index (κ2) is 3.22. The zero-order chi connectivity index (χ0) is 12.1. The number of carbonyl (C=O) groups is 2. The Morgan fingerprint density at radius 1 is 1.44 bits per heavy atom. The van der Waals surface area contributed by atoms with Crippen LogP contribution in [-0.4, -0.2) is 24.6 Å². The first-order valence-electron chi connectivity index (χ1n) is 5.60. The summed E-state index contributed by atoms with van der Waals surface area (Å²) in [5.41, 5.74) is -0.699. The first kappa shape index (κ1) is 11.4. The fraction of sp³-hybridized carbons (Fsp3) is 0.833. The molecule has 3 rings (SSSR count). The molecule has 3 fully saturated rings. The minimum absolute atomic E-state index is 0.193. The minimum Gasteiger partial charge on any atom is -0.469 e. The number of fused-ring (bicyclic) bond motifs is 3. The first-order valence-corrected chi connectivity index (χ1v) is 5.60. The lowest BCUT2D eigenvalue weighted by Gasteiger charge is -2.54. The van der Waals surface area contributed by atoms with E-state index in [2.05, 4.69) is 0 Å². The van der Waals surface area contributed by atoms with Gasteiger partial charge in [-0.05, 0) is 18.8 Å². The predicted molar refractivity (Wildman–Crippen MR) is 56.5 cm³/mol. The van der Waals surface area contributed by atoms with Crippen molar-refractivity contribution in [3.8, 4) is 0 Å². The number of ether oxygens (including phenoxy) is 2. The van der Waals surface area contributed by atoms with Gasteiger partial charge in [0.25, 0.3) is 0 Å². The quantitative estimate of drug-likeness (QED) is 0.636. The Labute approximate surface area is 95.3 Å². The predicted octanol–water partition coefficient (Wildman–Crippen LogP) is 1.53. The summed E-state index contributed by atoms with van der Waals surface area (Å²) in [7, 11) is 1.37. The molecule has 1 saturated carbocycles. The fourth-order valence-corrected chi connectivity index (χ4v) is 3.51. The van der Waals surface area contributed by atoms with Crippen LogP contribution in [-0.2, 0) is 19.1 Å². The van der Waals surface area contributed by atoms with Gasteiger partial charge in [-0.1, -0.05) is 13.8 Å². The third kappa shape index (κ3) is 1.51. The Hall–Kier alpha value is -1.06. The van der Waals surface area contributed by atoms with Gasteiger partial charge in [0.15, 0.2) is 0 Å². The molecule has 2 heterocycles. The van der Waals surface area contributed by atoms with E-state index in [1.54, 1.807) is 0 Å². The van der Waals surface area contributed by atoms with Crippen LogP contribution in [0.3, 0.4) is 0 Å². The first-order chi connectivity index (χ1) is 7.29. The van der Waals surface area contributed by atoms with Gasteiger partial charge in [0.05, 0.1) is 18.9 Å². The van der Waals surface area contributed by atoms with Gasteiger partial charge in [0, 0.05) is 6.42 Å². The molecular weight excluding hydrogens is 208 g/mol. The molecule has 16 heavy (non-hydrogen) atoms. The Morgan fingerprint density at radius 3 is 2.50 bits per heavy atom. The molecule has 0 spiro atoms. The van der Waals surface area contributed by atoms with E-state index in [9.17, 15) is 9.59 Å². The third-order valence-corrected chi connectivity index (χ3v) is 3.83. The van der Waals surface area contributed by atoms with Crippen LogP contribution in [0.25, 0.3) is 0 Å². The zero-order valence-electron chi connectivity index (χ0n) is 10.2. The molecule has 0 aromatic rings. The van der Waals surface area contributed by atoms with Crippen molar-refractivity contribution < 1.29 is 19.1 Å². The maximum absolute atomic E-state index is 11.9. The smallest absolute Gasteiger partial charge is 0.310 e. The van der Waals surface area contributed by atoms with Gasteiger partial charge in [0.2, 0.25) is 0 Å². The summed E-state index contributed by atoms with van der Waals surface area (Å²) in [6.07, 6.45) is 1.39. The monoisotopic (exact) mass is 226 g/mol. The van der Waals surface area contributed by atoms with Crippen molar-refractivity contribution in [2.24, 2.45) is 17.3 Å². The molecule has 4 heteroatoms. The molecule has 0 aromatic heterocycles. The molecular formula is C12H18O4. The molecule has 0 N–H and O–H groups in total. The van der Waals surface area contributed by atoms with Crippen LogP contribution in [0.5, 0.6) is 0 Å². The molecule has 2 saturated heterocycles. The molecule has 3 atom stereocenters. The molecule has 2 bridgehead atoms. The van der Waals surface area contributed by atoms with Crippen LogP contribution in [0.2, 0.25) is 0 Å². The van der Waals surface area contributed by atoms with E-state index in [0.717, 1.165) is 6.42 Å². The number of methoxy groups -OCH3 is 1. The topological polar surface area (TPSA) is 52.6 Å². The van der Waals surface area contributed by atoms with Crippen LogP contribution >= 0.6 is 0 Å². The Morgan fingerprint density at radius 2 is 2.06 bits per heavy atom. The van der Waals surface area contributed by atoms with E-state index in [-0.39, 0.29) is 29.2 Å². The lowest BCUT2D eigenvalue weighted by atomic mass is 9.57. The highest BCUT2D eigenvalue weighted by Gasteiger charge is 2.60. The molecule has 4 nitrogen and oxygen atoms in total. The van der Waals surface area contributed by atoms with Crippen molar-refractivity contribution in [3.05, 3.63) is 0 Å². The molecule has 0 amide bonds. The second-order valence-corrected chi connectivity index (χ2v) is 5.85. The van der Waals surface area contributed by atoms with Crippen molar-refractivity contribution in [2.75, 3.05) is 7.11 Å². The van der Waals surface area contributed by atoms with E-state index in [4.69, 9.17) is 9.47 Å². The maximum atomic E-state index is 11.9. The van der Waals surface area contributed by atoms with E-state index >= 15 is 0 Å². The van der Waals surface area contributed by atoms with Gasteiger partial charge in [0.1, 0.15) is 5.60 Å². The van der Waals surface area contributed by atoms with E-state index in [1.165, 1.54) is 7.11 Å². The molecule has 2 aliphatic heterocycles. The summed E-state index contributed by atoms with van der Waals surface area (Å²) in [4.78, 5) is 23.6. The summed E-state index contributed by atoms with van der Waals surface area (Å²) >= 11 is 0. The van der Waals surface area contributed by atoms with Crippen molar-refractivity contribution in [3.63, 3.8) is 0 Å². The SMILES string of the molecule is COC(=O)[C@H]1C[C@]2(C)CC(C)(C)[C@H]1C(=O)O2. The van der Waals surface area contributed by atoms with Gasteiger partial charge < -0.3 is 9.47 Å². The zero-order valence-corrected chi connectivity index (χ0v) is 10.2. The largest absolute Gasteiger partial charge is 0.469 e. The van der Waals surface area contributed by atoms with Crippen LogP contribution < -0.4 is 0 Å². The van der Waals surface area contributed by atoms with Gasteiger partial charge >= 0.3 is 11.9 Å². The van der Waals surface area contributed by atoms with Gasteiger partial charge in [-0.2, -0.15) is 0 Å². The molecule has 0 aromatic carbocycles. The Balaban J connectivity index is 2.38. The minimum atomic E-state index is -0.506. The third-order valence-electron chi connectivity index (χ3n) is 3.83. The van der Waals surface area contributed by atoms with Crippen LogP contribution in [0.4, 0.5) is 0 Å². The lowest BCUT2D eigenvalue weighted by Crippen LogP contribution is -2.60. The van der Waals surface area contributed by atoms with Crippen LogP contribution in [0, 0.1) is 17.3 Å². The molecule has 0 radical (unpaired) electrons. The average Bonchev–Trinajstić information content (AvgIpc) is 2.11. The average molecular weight is 226 g/mol. The second-order valence-electron chi connectivity index (χ2n) is 5.85. The van der Waals surface area contributed by atoms with Crippen LogP contribution in [0.15, 0.2) is 0 Å². The maximum Gasteiger partial charge on any atom is 0.310 e.